The molecule has 0 spiro atoms. The third-order valence-electron chi connectivity index (χ3n) is 4.15. The van der Waals surface area contributed by atoms with Crippen molar-refractivity contribution in [3.8, 4) is 5.75 Å². The van der Waals surface area contributed by atoms with Crippen molar-refractivity contribution in [2.24, 2.45) is 0 Å². The molecule has 2 aromatic rings. The van der Waals surface area contributed by atoms with Gasteiger partial charge in [0.25, 0.3) is 0 Å². The zero-order valence-corrected chi connectivity index (χ0v) is 13.9. The molecule has 126 valence electrons. The van der Waals surface area contributed by atoms with Gasteiger partial charge in [-0.1, -0.05) is 24.3 Å². The predicted molar refractivity (Wildman–Crippen MR) is 90.3 cm³/mol. The van der Waals surface area contributed by atoms with Crippen molar-refractivity contribution < 1.29 is 13.9 Å². The van der Waals surface area contributed by atoms with Gasteiger partial charge in [-0.2, -0.15) is 0 Å². The van der Waals surface area contributed by atoms with Crippen LogP contribution in [-0.2, 0) is 17.8 Å². The van der Waals surface area contributed by atoms with E-state index in [1.807, 2.05) is 26.2 Å². The summed E-state index contributed by atoms with van der Waals surface area (Å²) in [6.45, 7) is 1.15. The lowest BCUT2D eigenvalue weighted by Gasteiger charge is -2.24. The maximum atomic E-state index is 13.5. The highest BCUT2D eigenvalue weighted by Crippen LogP contribution is 2.26. The molecule has 0 aromatic heterocycles. The minimum Gasteiger partial charge on any atom is -0.493 e. The largest absolute Gasteiger partial charge is 0.493 e. The van der Waals surface area contributed by atoms with Crippen LogP contribution in [0.3, 0.4) is 0 Å². The maximum absolute atomic E-state index is 13.5. The monoisotopic (exact) mass is 328 g/mol. The molecule has 1 N–H and O–H groups in total. The van der Waals surface area contributed by atoms with Crippen molar-refractivity contribution in [1.29, 1.82) is 0 Å². The molecule has 0 bridgehead atoms. The summed E-state index contributed by atoms with van der Waals surface area (Å²) in [5.74, 6) is 0.434. The summed E-state index contributed by atoms with van der Waals surface area (Å²) < 4.78 is 19.0. The van der Waals surface area contributed by atoms with Gasteiger partial charge in [0.15, 0.2) is 0 Å². The Morgan fingerprint density at radius 3 is 2.88 bits per heavy atom. The van der Waals surface area contributed by atoms with E-state index in [9.17, 15) is 9.18 Å². The van der Waals surface area contributed by atoms with Crippen LogP contribution in [0.2, 0.25) is 0 Å². The average molecular weight is 328 g/mol. The normalized spacial score (nSPS) is 14.2. The van der Waals surface area contributed by atoms with Crippen LogP contribution in [0.15, 0.2) is 42.5 Å². The number of amides is 1. The van der Waals surface area contributed by atoms with Gasteiger partial charge < -0.3 is 10.1 Å². The molecule has 0 saturated carbocycles. The summed E-state index contributed by atoms with van der Waals surface area (Å²) in [6.07, 6.45) is 0.904. The first kappa shape index (κ1) is 16.5. The topological polar surface area (TPSA) is 41.6 Å². The van der Waals surface area contributed by atoms with Gasteiger partial charge >= 0.3 is 0 Å². The smallest absolute Gasteiger partial charge is 0.242 e. The molecule has 4 nitrogen and oxygen atoms in total. The fourth-order valence-corrected chi connectivity index (χ4v) is 3.00. The molecule has 2 aromatic carbocycles. The number of carbonyl (C=O) groups is 1. The molecule has 1 amide bonds. The van der Waals surface area contributed by atoms with Crippen molar-refractivity contribution in [3.05, 3.63) is 65.0 Å². The average Bonchev–Trinajstić information content (AvgIpc) is 3.00. The van der Waals surface area contributed by atoms with Crippen molar-refractivity contribution in [2.75, 3.05) is 20.7 Å². The zero-order valence-electron chi connectivity index (χ0n) is 13.9. The minimum absolute atomic E-state index is 0.151. The fourth-order valence-electron chi connectivity index (χ4n) is 3.00. The Kier molecular flexibility index (Phi) is 4.81. The van der Waals surface area contributed by atoms with Gasteiger partial charge in [0, 0.05) is 13.0 Å². The predicted octanol–water partition coefficient (Wildman–Crippen LogP) is 2.68. The Labute approximate surface area is 141 Å². The molecule has 5 heteroatoms. The Bertz CT molecular complexity index is 746. The van der Waals surface area contributed by atoms with Gasteiger partial charge in [-0.3, -0.25) is 9.69 Å². The molecule has 0 saturated heterocycles. The maximum Gasteiger partial charge on any atom is 0.242 e. The number of benzene rings is 2. The lowest BCUT2D eigenvalue weighted by molar-refractivity contribution is -0.125. The van der Waals surface area contributed by atoms with Gasteiger partial charge in [0.05, 0.1) is 6.61 Å². The summed E-state index contributed by atoms with van der Waals surface area (Å²) in [7, 11) is 3.61. The van der Waals surface area contributed by atoms with Crippen LogP contribution in [0.1, 0.15) is 22.7 Å². The van der Waals surface area contributed by atoms with E-state index < -0.39 is 6.04 Å². The van der Waals surface area contributed by atoms with E-state index in [0.717, 1.165) is 17.7 Å². The highest BCUT2D eigenvalue weighted by Gasteiger charge is 2.23. The van der Waals surface area contributed by atoms with Crippen molar-refractivity contribution >= 4 is 5.91 Å². The van der Waals surface area contributed by atoms with E-state index in [2.05, 4.69) is 11.4 Å². The van der Waals surface area contributed by atoms with Crippen LogP contribution in [0, 0.1) is 5.82 Å². The number of likely N-dealkylation sites (N-methyl/N-ethyl adjacent to an activating group) is 1. The first-order valence-electron chi connectivity index (χ1n) is 7.99. The number of nitrogens with one attached hydrogen (secondary N) is 1. The number of hydrogen-bond acceptors (Lipinski definition) is 3. The van der Waals surface area contributed by atoms with Crippen LogP contribution in [0.5, 0.6) is 5.75 Å². The number of nitrogens with zero attached hydrogens (tertiary/aromatic N) is 1. The van der Waals surface area contributed by atoms with Gasteiger partial charge in [0.1, 0.15) is 17.6 Å². The van der Waals surface area contributed by atoms with Crippen LogP contribution in [0.25, 0.3) is 0 Å². The minimum atomic E-state index is -0.529. The van der Waals surface area contributed by atoms with Gasteiger partial charge in [-0.05, 0) is 49.0 Å². The Hall–Kier alpha value is -2.40. The first-order valence-corrected chi connectivity index (χ1v) is 7.99. The van der Waals surface area contributed by atoms with E-state index in [4.69, 9.17) is 4.74 Å². The Morgan fingerprint density at radius 1 is 1.29 bits per heavy atom. The van der Waals surface area contributed by atoms with Crippen LogP contribution in [0.4, 0.5) is 4.39 Å². The molecule has 0 aliphatic carbocycles. The van der Waals surface area contributed by atoms with E-state index in [1.165, 1.54) is 17.7 Å². The number of fused-ring (bicyclic) bond motifs is 1. The molecule has 24 heavy (non-hydrogen) atoms. The molecular formula is C19H21FN2O2. The molecule has 1 heterocycles. The van der Waals surface area contributed by atoms with Gasteiger partial charge in [-0.15, -0.1) is 0 Å². The number of carbonyl (C=O) groups excluding carboxylic acids is 1. The third-order valence-corrected chi connectivity index (χ3v) is 4.15. The molecule has 0 fully saturated rings. The lowest BCUT2D eigenvalue weighted by Crippen LogP contribution is -2.36. The Morgan fingerprint density at radius 2 is 2.12 bits per heavy atom. The second-order valence-electron chi connectivity index (χ2n) is 6.18. The van der Waals surface area contributed by atoms with Crippen LogP contribution >= 0.6 is 0 Å². The molecule has 1 aliphatic heterocycles. The molecule has 1 unspecified atom stereocenters. The standard InChI is InChI=1S/C19H21FN2O2/c1-22(2)18(15-4-3-5-16(20)11-15)19(23)21-12-13-6-7-17-14(10-13)8-9-24-17/h3-7,10-11,18H,8-9,12H2,1-2H3,(H,21,23). The second kappa shape index (κ2) is 7.01. The third kappa shape index (κ3) is 3.57. The van der Waals surface area contributed by atoms with Gasteiger partial charge in [0.2, 0.25) is 5.91 Å². The van der Waals surface area contributed by atoms with E-state index in [0.29, 0.717) is 18.7 Å². The zero-order chi connectivity index (χ0) is 17.1. The molecule has 1 aliphatic rings. The molecule has 0 radical (unpaired) electrons. The SMILES string of the molecule is CN(C)C(C(=O)NCc1ccc2c(c1)CCO2)c1cccc(F)c1. The summed E-state index contributed by atoms with van der Waals surface area (Å²) in [5.41, 5.74) is 2.85. The Balaban J connectivity index is 1.70. The first-order chi connectivity index (χ1) is 11.5. The van der Waals surface area contributed by atoms with E-state index in [1.54, 1.807) is 17.0 Å². The van der Waals surface area contributed by atoms with Crippen molar-refractivity contribution in [3.63, 3.8) is 0 Å². The summed E-state index contributed by atoms with van der Waals surface area (Å²) >= 11 is 0. The highest BCUT2D eigenvalue weighted by atomic mass is 19.1. The van der Waals surface area contributed by atoms with Crippen molar-refractivity contribution in [1.82, 2.24) is 10.2 Å². The molecule has 1 atom stereocenters. The highest BCUT2D eigenvalue weighted by molar-refractivity contribution is 5.83. The lowest BCUT2D eigenvalue weighted by atomic mass is 10.0. The number of halogens is 1. The summed E-state index contributed by atoms with van der Waals surface area (Å²) in [5, 5.41) is 2.95. The van der Waals surface area contributed by atoms with Gasteiger partial charge in [-0.25, -0.2) is 4.39 Å². The summed E-state index contributed by atoms with van der Waals surface area (Å²) in [6, 6.07) is 11.6. The van der Waals surface area contributed by atoms with Crippen molar-refractivity contribution in [2.45, 2.75) is 19.0 Å². The van der Waals surface area contributed by atoms with E-state index >= 15 is 0 Å². The quantitative estimate of drug-likeness (QED) is 0.917. The number of hydrogen-bond donors (Lipinski definition) is 1. The van der Waals surface area contributed by atoms with Crippen LogP contribution < -0.4 is 10.1 Å². The molecular weight excluding hydrogens is 307 g/mol. The number of rotatable bonds is 5. The second-order valence-corrected chi connectivity index (χ2v) is 6.18. The summed E-state index contributed by atoms with van der Waals surface area (Å²) in [4.78, 5) is 14.4. The molecule has 3 rings (SSSR count). The van der Waals surface area contributed by atoms with E-state index in [-0.39, 0.29) is 11.7 Å². The van der Waals surface area contributed by atoms with Crippen LogP contribution in [-0.4, -0.2) is 31.5 Å². The number of ether oxygens (including phenoxy) is 1. The fraction of sp³-hybridized carbons (Fsp3) is 0.316.